The van der Waals surface area contributed by atoms with Gasteiger partial charge in [0.25, 0.3) is 0 Å². The summed E-state index contributed by atoms with van der Waals surface area (Å²) in [4.78, 5) is 28.4. The molecule has 0 aliphatic carbocycles. The van der Waals surface area contributed by atoms with Crippen LogP contribution in [0.15, 0.2) is 42.6 Å². The molecule has 3 aromatic heterocycles. The highest BCUT2D eigenvalue weighted by molar-refractivity contribution is 6.07. The van der Waals surface area contributed by atoms with Crippen molar-refractivity contribution in [2.24, 2.45) is 0 Å². The maximum Gasteiger partial charge on any atom is 0.240 e. The van der Waals surface area contributed by atoms with Gasteiger partial charge in [-0.1, -0.05) is 18.2 Å². The van der Waals surface area contributed by atoms with Crippen molar-refractivity contribution in [2.75, 3.05) is 11.6 Å². The normalized spacial score (nSPS) is 15.0. The van der Waals surface area contributed by atoms with Gasteiger partial charge in [0.2, 0.25) is 5.91 Å². The predicted molar refractivity (Wildman–Crippen MR) is 136 cm³/mol. The predicted octanol–water partition coefficient (Wildman–Crippen LogP) is 3.35. The topological polar surface area (TPSA) is 117 Å². The maximum absolute atomic E-state index is 14.4. The van der Waals surface area contributed by atoms with E-state index in [0.717, 1.165) is 0 Å². The number of carbonyl (C=O) groups is 1. The van der Waals surface area contributed by atoms with E-state index in [2.05, 4.69) is 4.98 Å². The van der Waals surface area contributed by atoms with E-state index in [1.165, 1.54) is 11.0 Å². The second kappa shape index (κ2) is 8.97. The Kier molecular flexibility index (Phi) is 6.04. The van der Waals surface area contributed by atoms with Crippen molar-refractivity contribution in [1.29, 1.82) is 0 Å². The van der Waals surface area contributed by atoms with E-state index in [1.807, 2.05) is 6.07 Å². The van der Waals surface area contributed by atoms with Gasteiger partial charge in [-0.2, -0.15) is 5.10 Å². The third-order valence-corrected chi connectivity index (χ3v) is 6.74. The summed E-state index contributed by atoms with van der Waals surface area (Å²) in [6.45, 7) is 6.63. The lowest BCUT2D eigenvalue weighted by Crippen LogP contribution is -2.37. The average Bonchev–Trinajstić information content (AvgIpc) is 3.31. The molecule has 1 amide bonds. The van der Waals surface area contributed by atoms with Crippen molar-refractivity contribution in [3.63, 3.8) is 0 Å². The summed E-state index contributed by atoms with van der Waals surface area (Å²) in [5.41, 5.74) is 0.785. The number of aliphatic hydroxyl groups is 2. The number of nitrogens with zero attached hydrogens (tertiary/aromatic N) is 6. The number of amides is 1. The highest BCUT2D eigenvalue weighted by Crippen LogP contribution is 2.43. The fourth-order valence-electron chi connectivity index (χ4n) is 4.79. The minimum Gasteiger partial charge on any atom is -0.390 e. The number of anilines is 1. The molecule has 10 heteroatoms. The van der Waals surface area contributed by atoms with Gasteiger partial charge in [-0.25, -0.2) is 24.0 Å². The molecule has 4 heterocycles. The van der Waals surface area contributed by atoms with Crippen molar-refractivity contribution in [1.82, 2.24) is 24.7 Å². The number of benzene rings is 1. The van der Waals surface area contributed by atoms with Crippen LogP contribution in [0, 0.1) is 5.82 Å². The molecule has 2 N–H and O–H groups in total. The van der Waals surface area contributed by atoms with Gasteiger partial charge in [-0.15, -0.1) is 0 Å². The Labute approximate surface area is 213 Å². The Hall–Kier alpha value is -3.76. The molecule has 37 heavy (non-hydrogen) atoms. The number of hydrogen-bond donors (Lipinski definition) is 2. The van der Waals surface area contributed by atoms with E-state index in [-0.39, 0.29) is 24.1 Å². The Bertz CT molecular complexity index is 1510. The molecule has 1 aromatic carbocycles. The summed E-state index contributed by atoms with van der Waals surface area (Å²) >= 11 is 0. The van der Waals surface area contributed by atoms with Crippen LogP contribution < -0.4 is 4.90 Å². The van der Waals surface area contributed by atoms with Gasteiger partial charge in [0.05, 0.1) is 28.6 Å². The summed E-state index contributed by atoms with van der Waals surface area (Å²) in [6, 6.07) is 10.1. The van der Waals surface area contributed by atoms with E-state index in [0.29, 0.717) is 52.2 Å². The van der Waals surface area contributed by atoms with E-state index < -0.39 is 17.7 Å². The smallest absolute Gasteiger partial charge is 0.240 e. The molecule has 0 saturated carbocycles. The fourth-order valence-corrected chi connectivity index (χ4v) is 4.79. The largest absolute Gasteiger partial charge is 0.390 e. The van der Waals surface area contributed by atoms with Crippen molar-refractivity contribution in [3.8, 4) is 11.5 Å². The molecule has 0 saturated heterocycles. The number of rotatable bonds is 7. The SMILES string of the molecule is CC(C)(O)CCc1nc(-c2nn(Cc3ccccc3F)c3ncccc23)nc2c1C(C)(C)C(=O)N2CO. The molecule has 0 spiro atoms. The monoisotopic (exact) mass is 504 g/mol. The van der Waals surface area contributed by atoms with E-state index in [1.54, 1.807) is 62.8 Å². The lowest BCUT2D eigenvalue weighted by Gasteiger charge is -2.21. The number of aliphatic hydroxyl groups excluding tert-OH is 1. The summed E-state index contributed by atoms with van der Waals surface area (Å²) in [7, 11) is 0. The first kappa shape index (κ1) is 24.9. The number of aryl methyl sites for hydroxylation is 1. The Balaban J connectivity index is 1.70. The number of pyridine rings is 1. The first-order valence-electron chi connectivity index (χ1n) is 12.1. The van der Waals surface area contributed by atoms with E-state index in [4.69, 9.17) is 15.1 Å². The van der Waals surface area contributed by atoms with Crippen molar-refractivity contribution in [3.05, 3.63) is 65.2 Å². The van der Waals surface area contributed by atoms with Gasteiger partial charge < -0.3 is 10.2 Å². The molecule has 9 nitrogen and oxygen atoms in total. The zero-order valence-corrected chi connectivity index (χ0v) is 21.2. The molecule has 0 atom stereocenters. The van der Waals surface area contributed by atoms with Crippen molar-refractivity contribution < 1.29 is 19.4 Å². The zero-order valence-electron chi connectivity index (χ0n) is 21.2. The second-order valence-corrected chi connectivity index (χ2v) is 10.5. The maximum atomic E-state index is 14.4. The Morgan fingerprint density at radius 2 is 1.86 bits per heavy atom. The Morgan fingerprint density at radius 3 is 2.57 bits per heavy atom. The number of halogens is 1. The van der Waals surface area contributed by atoms with Crippen LogP contribution in [0.25, 0.3) is 22.6 Å². The lowest BCUT2D eigenvalue weighted by atomic mass is 9.84. The summed E-state index contributed by atoms with van der Waals surface area (Å²) < 4.78 is 16.0. The molecule has 0 radical (unpaired) electrons. The molecule has 5 rings (SSSR count). The summed E-state index contributed by atoms with van der Waals surface area (Å²) in [6.07, 6.45) is 2.44. The number of carbonyl (C=O) groups excluding carboxylic acids is 1. The van der Waals surface area contributed by atoms with Gasteiger partial charge >= 0.3 is 0 Å². The summed E-state index contributed by atoms with van der Waals surface area (Å²) in [5.74, 6) is -0.0316. The summed E-state index contributed by atoms with van der Waals surface area (Å²) in [5, 5.41) is 25.8. The number of fused-ring (bicyclic) bond motifs is 2. The minimum atomic E-state index is -0.945. The van der Waals surface area contributed by atoms with Crippen LogP contribution >= 0.6 is 0 Å². The third-order valence-electron chi connectivity index (χ3n) is 6.74. The molecular weight excluding hydrogens is 475 g/mol. The van der Waals surface area contributed by atoms with Crippen molar-refractivity contribution >= 4 is 22.8 Å². The van der Waals surface area contributed by atoms with E-state index in [9.17, 15) is 19.4 Å². The van der Waals surface area contributed by atoms with Gasteiger partial charge in [0.1, 0.15) is 24.1 Å². The molecule has 0 bridgehead atoms. The van der Waals surface area contributed by atoms with Crippen molar-refractivity contribution in [2.45, 2.75) is 58.1 Å². The van der Waals surface area contributed by atoms with Crippen LogP contribution in [0.4, 0.5) is 10.2 Å². The average molecular weight is 505 g/mol. The van der Waals surface area contributed by atoms with Crippen LogP contribution in [-0.4, -0.2) is 53.2 Å². The first-order chi connectivity index (χ1) is 17.5. The molecule has 1 aliphatic heterocycles. The van der Waals surface area contributed by atoms with Gasteiger partial charge in [0.15, 0.2) is 11.5 Å². The first-order valence-corrected chi connectivity index (χ1v) is 12.1. The van der Waals surface area contributed by atoms with Crippen LogP contribution in [-0.2, 0) is 23.2 Å². The fraction of sp³-hybridized carbons (Fsp3) is 0.370. The van der Waals surface area contributed by atoms with Gasteiger partial charge in [-0.05, 0) is 58.7 Å². The third kappa shape index (κ3) is 4.36. The van der Waals surface area contributed by atoms with Gasteiger partial charge in [0, 0.05) is 17.3 Å². The van der Waals surface area contributed by atoms with Crippen LogP contribution in [0.2, 0.25) is 0 Å². The second-order valence-electron chi connectivity index (χ2n) is 10.5. The standard InChI is InChI=1S/C27H29FN6O3/c1-26(2,37)12-11-19-20-24(33(15-35)25(36)27(20,3)4)31-22(30-19)21-17-9-7-13-29-23(17)34(32-21)14-16-8-5-6-10-18(16)28/h5-10,13,35,37H,11-12,14-15H2,1-4H3. The quantitative estimate of drug-likeness (QED) is 0.396. The van der Waals surface area contributed by atoms with Crippen LogP contribution in [0.1, 0.15) is 50.9 Å². The highest BCUT2D eigenvalue weighted by atomic mass is 19.1. The number of aromatic nitrogens is 5. The molecule has 4 aromatic rings. The van der Waals surface area contributed by atoms with Gasteiger partial charge in [-0.3, -0.25) is 9.69 Å². The molecular formula is C27H29FN6O3. The molecule has 1 aliphatic rings. The zero-order chi connectivity index (χ0) is 26.5. The van der Waals surface area contributed by atoms with Crippen LogP contribution in [0.3, 0.4) is 0 Å². The molecule has 0 unspecified atom stereocenters. The highest BCUT2D eigenvalue weighted by Gasteiger charge is 2.47. The number of hydrogen-bond acceptors (Lipinski definition) is 7. The molecule has 0 fully saturated rings. The lowest BCUT2D eigenvalue weighted by molar-refractivity contribution is -0.122. The van der Waals surface area contributed by atoms with Crippen LogP contribution in [0.5, 0.6) is 0 Å². The van der Waals surface area contributed by atoms with E-state index >= 15 is 0 Å². The molecule has 192 valence electrons. The minimum absolute atomic E-state index is 0.158. The Morgan fingerprint density at radius 1 is 1.11 bits per heavy atom.